The van der Waals surface area contributed by atoms with Gasteiger partial charge in [0.2, 0.25) is 0 Å². The molecule has 1 atom stereocenters. The highest BCUT2D eigenvalue weighted by atomic mass is 79.9. The predicted molar refractivity (Wildman–Crippen MR) is 62.6 cm³/mol. The largest absolute Gasteiger partial charge is 0.496 e. The molecule has 1 aromatic carbocycles. The Morgan fingerprint density at radius 2 is 2.20 bits per heavy atom. The summed E-state index contributed by atoms with van der Waals surface area (Å²) >= 11 is 3.16. The van der Waals surface area contributed by atoms with E-state index in [1.165, 1.54) is 0 Å². The lowest BCUT2D eigenvalue weighted by molar-refractivity contribution is 0.399. The predicted octanol–water partition coefficient (Wildman–Crippen LogP) is 2.73. The van der Waals surface area contributed by atoms with Crippen molar-refractivity contribution in [3.63, 3.8) is 0 Å². The summed E-state index contributed by atoms with van der Waals surface area (Å²) in [5.41, 5.74) is 6.11. The zero-order valence-electron chi connectivity index (χ0n) is 8.89. The van der Waals surface area contributed by atoms with Gasteiger partial charge in [0.25, 0.3) is 0 Å². The van der Waals surface area contributed by atoms with Crippen molar-refractivity contribution in [3.05, 3.63) is 28.0 Å². The van der Waals surface area contributed by atoms with E-state index in [1.54, 1.807) is 19.2 Å². The van der Waals surface area contributed by atoms with Crippen LogP contribution in [0.15, 0.2) is 16.6 Å². The Labute approximate surface area is 97.7 Å². The Morgan fingerprint density at radius 3 is 2.73 bits per heavy atom. The summed E-state index contributed by atoms with van der Waals surface area (Å²) in [6, 6.07) is 3.40. The average Bonchev–Trinajstić information content (AvgIpc) is 2.25. The van der Waals surface area contributed by atoms with Crippen molar-refractivity contribution in [2.45, 2.75) is 13.3 Å². The maximum Gasteiger partial charge on any atom is 0.144 e. The molecule has 0 heterocycles. The van der Waals surface area contributed by atoms with Gasteiger partial charge in [0, 0.05) is 5.56 Å². The third-order valence-corrected chi connectivity index (χ3v) is 2.94. The average molecular weight is 276 g/mol. The number of hydrogen-bond acceptors (Lipinski definition) is 2. The molecular weight excluding hydrogens is 261 g/mol. The van der Waals surface area contributed by atoms with Gasteiger partial charge in [0.1, 0.15) is 11.6 Å². The van der Waals surface area contributed by atoms with Crippen LogP contribution >= 0.6 is 15.9 Å². The number of methoxy groups -OCH3 is 1. The van der Waals surface area contributed by atoms with E-state index in [2.05, 4.69) is 15.9 Å². The van der Waals surface area contributed by atoms with E-state index in [0.717, 1.165) is 0 Å². The molecule has 0 spiro atoms. The van der Waals surface area contributed by atoms with Crippen LogP contribution in [-0.4, -0.2) is 13.7 Å². The van der Waals surface area contributed by atoms with Crippen LogP contribution in [0.3, 0.4) is 0 Å². The quantitative estimate of drug-likeness (QED) is 0.917. The van der Waals surface area contributed by atoms with E-state index in [0.29, 0.717) is 28.8 Å². The lowest BCUT2D eigenvalue weighted by Gasteiger charge is -2.14. The Kier molecular flexibility index (Phi) is 4.54. The van der Waals surface area contributed by atoms with Crippen LogP contribution in [0, 0.1) is 11.7 Å². The van der Waals surface area contributed by atoms with Gasteiger partial charge in [0.05, 0.1) is 11.6 Å². The molecule has 1 unspecified atom stereocenters. The third-order valence-electron chi connectivity index (χ3n) is 2.33. The van der Waals surface area contributed by atoms with Crippen molar-refractivity contribution in [3.8, 4) is 5.75 Å². The summed E-state index contributed by atoms with van der Waals surface area (Å²) in [5, 5.41) is 0. The molecule has 2 N–H and O–H groups in total. The van der Waals surface area contributed by atoms with Gasteiger partial charge in [-0.3, -0.25) is 0 Å². The molecule has 0 saturated heterocycles. The van der Waals surface area contributed by atoms with Gasteiger partial charge in [-0.1, -0.05) is 6.92 Å². The summed E-state index contributed by atoms with van der Waals surface area (Å²) in [4.78, 5) is 0. The number of ether oxygens (including phenoxy) is 1. The standard InChI is InChI=1S/C11H15BrFNO/c1-7(6-14)5-8-10(15-2)4-3-9(12)11(8)13/h3-4,7H,5-6,14H2,1-2H3. The molecule has 0 aliphatic heterocycles. The highest BCUT2D eigenvalue weighted by Gasteiger charge is 2.14. The molecule has 1 aromatic rings. The minimum Gasteiger partial charge on any atom is -0.496 e. The molecule has 0 amide bonds. The van der Waals surface area contributed by atoms with Gasteiger partial charge in [-0.05, 0) is 46.9 Å². The molecule has 84 valence electrons. The Balaban J connectivity index is 3.06. The fourth-order valence-corrected chi connectivity index (χ4v) is 1.76. The van der Waals surface area contributed by atoms with E-state index in [9.17, 15) is 4.39 Å². The maximum atomic E-state index is 13.8. The van der Waals surface area contributed by atoms with E-state index in [4.69, 9.17) is 10.5 Å². The van der Waals surface area contributed by atoms with Crippen LogP contribution in [0.2, 0.25) is 0 Å². The first-order valence-corrected chi connectivity index (χ1v) is 5.60. The highest BCUT2D eigenvalue weighted by molar-refractivity contribution is 9.10. The summed E-state index contributed by atoms with van der Waals surface area (Å²) in [6.45, 7) is 2.52. The van der Waals surface area contributed by atoms with Crippen molar-refractivity contribution >= 4 is 15.9 Å². The fourth-order valence-electron chi connectivity index (χ4n) is 1.39. The molecule has 0 aromatic heterocycles. The number of halogens is 2. The second-order valence-corrected chi connectivity index (χ2v) is 4.44. The van der Waals surface area contributed by atoms with E-state index in [1.807, 2.05) is 6.92 Å². The summed E-state index contributed by atoms with van der Waals surface area (Å²) in [6.07, 6.45) is 0.588. The zero-order chi connectivity index (χ0) is 11.4. The van der Waals surface area contributed by atoms with Gasteiger partial charge in [-0.2, -0.15) is 0 Å². The Bertz CT molecular complexity index is 344. The van der Waals surface area contributed by atoms with Crippen molar-refractivity contribution < 1.29 is 9.13 Å². The number of rotatable bonds is 4. The molecule has 0 bridgehead atoms. The lowest BCUT2D eigenvalue weighted by Crippen LogP contribution is -2.14. The van der Waals surface area contributed by atoms with Crippen LogP contribution in [0.5, 0.6) is 5.75 Å². The van der Waals surface area contributed by atoms with Crippen molar-refractivity contribution in [1.82, 2.24) is 0 Å². The summed E-state index contributed by atoms with van der Waals surface area (Å²) in [5.74, 6) is 0.563. The fraction of sp³-hybridized carbons (Fsp3) is 0.455. The molecule has 0 fully saturated rings. The van der Waals surface area contributed by atoms with Crippen molar-refractivity contribution in [1.29, 1.82) is 0 Å². The van der Waals surface area contributed by atoms with Crippen molar-refractivity contribution in [2.24, 2.45) is 11.7 Å². The third kappa shape index (κ3) is 2.92. The number of hydrogen-bond donors (Lipinski definition) is 1. The van der Waals surface area contributed by atoms with Crippen LogP contribution in [0.1, 0.15) is 12.5 Å². The topological polar surface area (TPSA) is 35.2 Å². The molecule has 1 rings (SSSR count). The Morgan fingerprint density at radius 1 is 1.53 bits per heavy atom. The number of benzene rings is 1. The molecule has 0 radical (unpaired) electrons. The molecule has 4 heteroatoms. The van der Waals surface area contributed by atoms with E-state index >= 15 is 0 Å². The first-order valence-electron chi connectivity index (χ1n) is 4.81. The lowest BCUT2D eigenvalue weighted by atomic mass is 10.00. The minimum atomic E-state index is -0.255. The van der Waals surface area contributed by atoms with Crippen molar-refractivity contribution in [2.75, 3.05) is 13.7 Å². The second kappa shape index (κ2) is 5.47. The Hall–Kier alpha value is -0.610. The normalized spacial score (nSPS) is 12.6. The van der Waals surface area contributed by atoms with Gasteiger partial charge < -0.3 is 10.5 Å². The van der Waals surface area contributed by atoms with Gasteiger partial charge in [-0.25, -0.2) is 4.39 Å². The van der Waals surface area contributed by atoms with Gasteiger partial charge in [-0.15, -0.1) is 0 Å². The van der Waals surface area contributed by atoms with Crippen LogP contribution in [0.25, 0.3) is 0 Å². The summed E-state index contributed by atoms with van der Waals surface area (Å²) in [7, 11) is 1.54. The second-order valence-electron chi connectivity index (χ2n) is 3.59. The minimum absolute atomic E-state index is 0.239. The molecule has 0 aliphatic rings. The van der Waals surface area contributed by atoms with Gasteiger partial charge >= 0.3 is 0 Å². The monoisotopic (exact) mass is 275 g/mol. The van der Waals surface area contributed by atoms with Crippen LogP contribution < -0.4 is 10.5 Å². The summed E-state index contributed by atoms with van der Waals surface area (Å²) < 4.78 is 19.4. The first-order chi connectivity index (χ1) is 7.10. The van der Waals surface area contributed by atoms with Crippen LogP contribution in [-0.2, 0) is 6.42 Å². The van der Waals surface area contributed by atoms with E-state index in [-0.39, 0.29) is 11.7 Å². The van der Waals surface area contributed by atoms with E-state index < -0.39 is 0 Å². The molecule has 0 saturated carbocycles. The zero-order valence-corrected chi connectivity index (χ0v) is 10.5. The van der Waals surface area contributed by atoms with Gasteiger partial charge in [0.15, 0.2) is 0 Å². The molecule has 2 nitrogen and oxygen atoms in total. The molecule has 0 aliphatic carbocycles. The smallest absolute Gasteiger partial charge is 0.144 e. The highest BCUT2D eigenvalue weighted by Crippen LogP contribution is 2.29. The maximum absolute atomic E-state index is 13.8. The first kappa shape index (κ1) is 12.5. The SMILES string of the molecule is COc1ccc(Br)c(F)c1CC(C)CN. The van der Waals surface area contributed by atoms with Crippen LogP contribution in [0.4, 0.5) is 4.39 Å². The molecule has 15 heavy (non-hydrogen) atoms. The molecular formula is C11H15BrFNO. The number of nitrogens with two attached hydrogens (primary N) is 1.